The van der Waals surface area contributed by atoms with E-state index in [1.807, 2.05) is 30.3 Å². The Morgan fingerprint density at radius 2 is 1.38 bits per heavy atom. The Balaban J connectivity index is 1.90. The molecule has 0 aliphatic carbocycles. The summed E-state index contributed by atoms with van der Waals surface area (Å²) in [6, 6.07) is 9.09. The van der Waals surface area contributed by atoms with Crippen molar-refractivity contribution in [2.75, 3.05) is 13.1 Å². The summed E-state index contributed by atoms with van der Waals surface area (Å²) in [4.78, 5) is 23.8. The van der Waals surface area contributed by atoms with Crippen LogP contribution in [0.4, 0.5) is 4.79 Å². The number of nitrogens with two attached hydrogens (primary N) is 1. The predicted octanol–water partition coefficient (Wildman–Crippen LogP) is 5.45. The van der Waals surface area contributed by atoms with Gasteiger partial charge in [-0.25, -0.2) is 4.79 Å². The van der Waals surface area contributed by atoms with Crippen LogP contribution in [0.3, 0.4) is 0 Å². The molecule has 2 amide bonds. The lowest BCUT2D eigenvalue weighted by atomic mass is 10.1. The van der Waals surface area contributed by atoms with E-state index in [0.717, 1.165) is 31.2 Å². The number of ether oxygens (including phenoxy) is 1. The Morgan fingerprint density at radius 1 is 0.812 bits per heavy atom. The molecule has 0 bridgehead atoms. The summed E-state index contributed by atoms with van der Waals surface area (Å²) in [6.45, 7) is 3.73. The van der Waals surface area contributed by atoms with Gasteiger partial charge in [0.2, 0.25) is 5.91 Å². The molecule has 6 heteroatoms. The van der Waals surface area contributed by atoms with Crippen molar-refractivity contribution in [1.29, 1.82) is 0 Å². The Kier molecular flexibility index (Phi) is 17.1. The molecule has 1 aromatic carbocycles. The van der Waals surface area contributed by atoms with Gasteiger partial charge in [0.25, 0.3) is 0 Å². The maximum absolute atomic E-state index is 12.1. The van der Waals surface area contributed by atoms with Gasteiger partial charge >= 0.3 is 6.09 Å². The van der Waals surface area contributed by atoms with E-state index < -0.39 is 12.1 Å². The third kappa shape index (κ3) is 15.7. The molecular weight excluding hydrogens is 402 g/mol. The van der Waals surface area contributed by atoms with Crippen LogP contribution < -0.4 is 16.4 Å². The molecular formula is C26H45N3O3. The van der Waals surface area contributed by atoms with Crippen LogP contribution in [0, 0.1) is 0 Å². The second-order valence-electron chi connectivity index (χ2n) is 8.56. The van der Waals surface area contributed by atoms with E-state index in [1.54, 1.807) is 0 Å². The zero-order chi connectivity index (χ0) is 23.3. The number of carbonyl (C=O) groups excluding carboxylic acids is 2. The number of benzene rings is 1. The summed E-state index contributed by atoms with van der Waals surface area (Å²) in [7, 11) is 0. The van der Waals surface area contributed by atoms with Crippen LogP contribution in [-0.4, -0.2) is 31.1 Å². The van der Waals surface area contributed by atoms with E-state index in [2.05, 4.69) is 17.6 Å². The van der Waals surface area contributed by atoms with E-state index >= 15 is 0 Å². The highest BCUT2D eigenvalue weighted by molar-refractivity contribution is 5.81. The lowest BCUT2D eigenvalue weighted by Crippen LogP contribution is -2.41. The first-order chi connectivity index (χ1) is 15.6. The maximum atomic E-state index is 12.1. The number of amides is 2. The van der Waals surface area contributed by atoms with Crippen LogP contribution in [0.5, 0.6) is 0 Å². The fourth-order valence-electron chi connectivity index (χ4n) is 3.54. The second kappa shape index (κ2) is 19.6. The minimum atomic E-state index is -0.483. The highest BCUT2D eigenvalue weighted by atomic mass is 16.5. The molecule has 1 rings (SSSR count). The van der Waals surface area contributed by atoms with E-state index in [-0.39, 0.29) is 12.5 Å². The van der Waals surface area contributed by atoms with Crippen molar-refractivity contribution < 1.29 is 14.3 Å². The highest BCUT2D eigenvalue weighted by Gasteiger charge is 2.12. The lowest BCUT2D eigenvalue weighted by Gasteiger charge is -2.12. The molecule has 0 fully saturated rings. The summed E-state index contributed by atoms with van der Waals surface area (Å²) < 4.78 is 5.16. The molecule has 0 aliphatic rings. The zero-order valence-corrected chi connectivity index (χ0v) is 20.1. The zero-order valence-electron chi connectivity index (χ0n) is 20.1. The van der Waals surface area contributed by atoms with Crippen molar-refractivity contribution in [1.82, 2.24) is 10.6 Å². The fourth-order valence-corrected chi connectivity index (χ4v) is 3.54. The van der Waals surface area contributed by atoms with Crippen LogP contribution in [0.1, 0.15) is 96.0 Å². The molecule has 0 saturated heterocycles. The number of rotatable bonds is 19. The molecule has 0 aromatic heterocycles. The van der Waals surface area contributed by atoms with Crippen LogP contribution in [0.2, 0.25) is 0 Å². The van der Waals surface area contributed by atoms with Crippen LogP contribution in [-0.2, 0) is 16.1 Å². The SMILES string of the molecule is CCCCCCCCCCCCNC(=O)[C@H](N)CCCCNC(=O)OCc1ccccc1. The van der Waals surface area contributed by atoms with E-state index in [0.29, 0.717) is 19.5 Å². The first-order valence-electron chi connectivity index (χ1n) is 12.6. The van der Waals surface area contributed by atoms with Gasteiger partial charge in [0.15, 0.2) is 0 Å². The van der Waals surface area contributed by atoms with Gasteiger partial charge in [0, 0.05) is 13.1 Å². The van der Waals surface area contributed by atoms with Crippen LogP contribution in [0.15, 0.2) is 30.3 Å². The van der Waals surface area contributed by atoms with E-state index in [4.69, 9.17) is 10.5 Å². The van der Waals surface area contributed by atoms with Gasteiger partial charge in [0.1, 0.15) is 6.61 Å². The minimum absolute atomic E-state index is 0.0730. The van der Waals surface area contributed by atoms with E-state index in [9.17, 15) is 9.59 Å². The number of unbranched alkanes of at least 4 members (excludes halogenated alkanes) is 10. The average molecular weight is 448 g/mol. The number of alkyl carbamates (subject to hydrolysis) is 1. The first-order valence-corrected chi connectivity index (χ1v) is 12.6. The number of hydrogen-bond donors (Lipinski definition) is 3. The average Bonchev–Trinajstić information content (AvgIpc) is 2.81. The number of carbonyl (C=O) groups is 2. The monoisotopic (exact) mass is 447 g/mol. The Bertz CT molecular complexity index is 595. The van der Waals surface area contributed by atoms with Crippen molar-refractivity contribution in [3.8, 4) is 0 Å². The van der Waals surface area contributed by atoms with Gasteiger partial charge in [-0.05, 0) is 31.2 Å². The summed E-state index contributed by atoms with van der Waals surface area (Å²) >= 11 is 0. The molecule has 0 unspecified atom stereocenters. The van der Waals surface area contributed by atoms with Gasteiger partial charge in [0.05, 0.1) is 6.04 Å². The standard InChI is InChI=1S/C26H45N3O3/c1-2-3-4-5-6-7-8-9-10-15-20-28-25(30)24(27)19-14-16-21-29-26(31)32-22-23-17-12-11-13-18-23/h11-13,17-18,24H,2-10,14-16,19-22,27H2,1H3,(H,28,30)(H,29,31)/t24-/m1/s1. The van der Waals surface area contributed by atoms with Crippen molar-refractivity contribution in [2.24, 2.45) is 5.73 Å². The normalized spacial score (nSPS) is 11.7. The molecule has 0 aliphatic heterocycles. The predicted molar refractivity (Wildman–Crippen MR) is 131 cm³/mol. The Morgan fingerprint density at radius 3 is 2.03 bits per heavy atom. The van der Waals surface area contributed by atoms with Gasteiger partial charge in [-0.3, -0.25) is 4.79 Å². The second-order valence-corrected chi connectivity index (χ2v) is 8.56. The van der Waals surface area contributed by atoms with Crippen molar-refractivity contribution in [3.63, 3.8) is 0 Å². The minimum Gasteiger partial charge on any atom is -0.445 e. The van der Waals surface area contributed by atoms with Gasteiger partial charge in [-0.15, -0.1) is 0 Å². The largest absolute Gasteiger partial charge is 0.445 e. The van der Waals surface area contributed by atoms with Crippen LogP contribution in [0.25, 0.3) is 0 Å². The highest BCUT2D eigenvalue weighted by Crippen LogP contribution is 2.10. The topological polar surface area (TPSA) is 93.5 Å². The van der Waals surface area contributed by atoms with Crippen molar-refractivity contribution in [3.05, 3.63) is 35.9 Å². The molecule has 1 aromatic rings. The van der Waals surface area contributed by atoms with E-state index in [1.165, 1.54) is 51.4 Å². The maximum Gasteiger partial charge on any atom is 0.407 e. The molecule has 6 nitrogen and oxygen atoms in total. The first kappa shape index (κ1) is 28.0. The van der Waals surface area contributed by atoms with Crippen molar-refractivity contribution >= 4 is 12.0 Å². The molecule has 182 valence electrons. The van der Waals surface area contributed by atoms with Crippen molar-refractivity contribution in [2.45, 2.75) is 103 Å². The third-order valence-corrected chi connectivity index (χ3v) is 5.59. The van der Waals surface area contributed by atoms with Crippen LogP contribution >= 0.6 is 0 Å². The molecule has 0 saturated carbocycles. The molecule has 4 N–H and O–H groups in total. The number of nitrogens with one attached hydrogen (secondary N) is 2. The molecule has 1 atom stereocenters. The Labute approximate surface area is 195 Å². The summed E-state index contributed by atoms with van der Waals surface area (Å²) in [5.41, 5.74) is 6.93. The van der Waals surface area contributed by atoms with Gasteiger partial charge in [-0.2, -0.15) is 0 Å². The Hall–Kier alpha value is -2.08. The molecule has 0 radical (unpaired) electrons. The molecule has 0 heterocycles. The quantitative estimate of drug-likeness (QED) is 0.246. The summed E-state index contributed by atoms with van der Waals surface area (Å²) in [6.07, 6.45) is 14.6. The lowest BCUT2D eigenvalue weighted by molar-refractivity contribution is -0.122. The molecule has 0 spiro atoms. The fraction of sp³-hybridized carbons (Fsp3) is 0.692. The molecule has 32 heavy (non-hydrogen) atoms. The number of hydrogen-bond acceptors (Lipinski definition) is 4. The summed E-state index contributed by atoms with van der Waals surface area (Å²) in [5, 5.41) is 5.67. The van der Waals surface area contributed by atoms with Gasteiger partial charge in [-0.1, -0.05) is 95.0 Å². The third-order valence-electron chi connectivity index (χ3n) is 5.59. The summed E-state index contributed by atoms with van der Waals surface area (Å²) in [5.74, 6) is -0.0730. The van der Waals surface area contributed by atoms with Gasteiger partial charge < -0.3 is 21.1 Å². The smallest absolute Gasteiger partial charge is 0.407 e.